The molecule has 0 saturated heterocycles. The molecule has 1 unspecified atom stereocenters. The van der Waals surface area contributed by atoms with Crippen LogP contribution in [0.15, 0.2) is 18.2 Å². The highest BCUT2D eigenvalue weighted by Crippen LogP contribution is 2.27. The maximum atomic E-state index is 9.35. The number of aliphatic hydroxyl groups is 1. The van der Waals surface area contributed by atoms with Gasteiger partial charge in [0.25, 0.3) is 0 Å². The average molecular weight is 257 g/mol. The molecular formula is C15H19N3O. The number of aromatic nitrogens is 3. The van der Waals surface area contributed by atoms with Crippen LogP contribution in [0.4, 0.5) is 0 Å². The fraction of sp³-hybridized carbons (Fsp3) is 0.467. The molecule has 100 valence electrons. The predicted octanol–water partition coefficient (Wildman–Crippen LogP) is 2.12. The monoisotopic (exact) mass is 257 g/mol. The van der Waals surface area contributed by atoms with E-state index in [0.29, 0.717) is 5.92 Å². The highest BCUT2D eigenvalue weighted by Gasteiger charge is 2.23. The predicted molar refractivity (Wildman–Crippen MR) is 73.8 cm³/mol. The van der Waals surface area contributed by atoms with Crippen molar-refractivity contribution in [3.8, 4) is 11.4 Å². The van der Waals surface area contributed by atoms with Gasteiger partial charge in [0.15, 0.2) is 5.82 Å². The van der Waals surface area contributed by atoms with Crippen LogP contribution in [0.1, 0.15) is 23.4 Å². The fourth-order valence-electron chi connectivity index (χ4n) is 2.81. The molecule has 1 aromatic carbocycles. The van der Waals surface area contributed by atoms with Crippen molar-refractivity contribution in [2.45, 2.75) is 33.2 Å². The Morgan fingerprint density at radius 3 is 2.89 bits per heavy atom. The number of nitrogens with zero attached hydrogens (tertiary/aromatic N) is 3. The third-order valence-corrected chi connectivity index (χ3v) is 3.93. The minimum Gasteiger partial charge on any atom is -0.396 e. The summed E-state index contributed by atoms with van der Waals surface area (Å²) in [4.78, 5) is 0. The van der Waals surface area contributed by atoms with E-state index in [2.05, 4.69) is 46.8 Å². The van der Waals surface area contributed by atoms with E-state index in [1.807, 2.05) is 0 Å². The molecule has 19 heavy (non-hydrogen) atoms. The summed E-state index contributed by atoms with van der Waals surface area (Å²) in [6.45, 7) is 5.26. The third-order valence-electron chi connectivity index (χ3n) is 3.93. The smallest absolute Gasteiger partial charge is 0.164 e. The normalized spacial score (nSPS) is 18.4. The molecule has 1 aliphatic heterocycles. The number of hydrogen-bond donors (Lipinski definition) is 1. The minimum absolute atomic E-state index is 0.240. The highest BCUT2D eigenvalue weighted by molar-refractivity contribution is 5.61. The summed E-state index contributed by atoms with van der Waals surface area (Å²) in [6.07, 6.45) is 1.91. The van der Waals surface area contributed by atoms with Gasteiger partial charge >= 0.3 is 0 Å². The summed E-state index contributed by atoms with van der Waals surface area (Å²) in [5.41, 5.74) is 3.62. The largest absolute Gasteiger partial charge is 0.396 e. The van der Waals surface area contributed by atoms with E-state index in [4.69, 9.17) is 0 Å². The van der Waals surface area contributed by atoms with Crippen LogP contribution < -0.4 is 0 Å². The first kappa shape index (κ1) is 12.4. The van der Waals surface area contributed by atoms with Crippen molar-refractivity contribution in [1.29, 1.82) is 0 Å². The van der Waals surface area contributed by atoms with Crippen LogP contribution >= 0.6 is 0 Å². The number of benzene rings is 1. The molecule has 0 amide bonds. The van der Waals surface area contributed by atoms with Crippen LogP contribution in [0.3, 0.4) is 0 Å². The zero-order chi connectivity index (χ0) is 13.4. The first-order valence-corrected chi connectivity index (χ1v) is 6.79. The maximum Gasteiger partial charge on any atom is 0.164 e. The van der Waals surface area contributed by atoms with Crippen molar-refractivity contribution >= 4 is 0 Å². The first-order chi connectivity index (χ1) is 9.19. The average Bonchev–Trinajstić information content (AvgIpc) is 2.81. The van der Waals surface area contributed by atoms with Gasteiger partial charge in [-0.2, -0.15) is 0 Å². The van der Waals surface area contributed by atoms with Crippen molar-refractivity contribution in [2.75, 3.05) is 6.61 Å². The molecule has 1 N–H and O–H groups in total. The zero-order valence-corrected chi connectivity index (χ0v) is 11.4. The number of rotatable bonds is 2. The van der Waals surface area contributed by atoms with Gasteiger partial charge in [-0.15, -0.1) is 10.2 Å². The van der Waals surface area contributed by atoms with E-state index in [0.717, 1.165) is 36.6 Å². The summed E-state index contributed by atoms with van der Waals surface area (Å²) in [5, 5.41) is 18.0. The Labute approximate surface area is 113 Å². The van der Waals surface area contributed by atoms with Gasteiger partial charge in [-0.3, -0.25) is 0 Å². The van der Waals surface area contributed by atoms with Crippen molar-refractivity contribution in [3.63, 3.8) is 0 Å². The second kappa shape index (κ2) is 4.78. The van der Waals surface area contributed by atoms with Gasteiger partial charge in [-0.05, 0) is 25.8 Å². The van der Waals surface area contributed by atoms with E-state index >= 15 is 0 Å². The van der Waals surface area contributed by atoms with Crippen LogP contribution in [0.5, 0.6) is 0 Å². The molecule has 0 radical (unpaired) electrons. The number of aryl methyl sites for hydroxylation is 3. The Morgan fingerprint density at radius 1 is 1.32 bits per heavy atom. The molecular weight excluding hydrogens is 238 g/mol. The Kier molecular flexibility index (Phi) is 3.11. The zero-order valence-electron chi connectivity index (χ0n) is 11.4. The lowest BCUT2D eigenvalue weighted by atomic mass is 9.99. The third kappa shape index (κ3) is 2.16. The maximum absolute atomic E-state index is 9.35. The van der Waals surface area contributed by atoms with Crippen molar-refractivity contribution < 1.29 is 5.11 Å². The fourth-order valence-corrected chi connectivity index (χ4v) is 2.81. The lowest BCUT2D eigenvalue weighted by Crippen LogP contribution is -2.23. The van der Waals surface area contributed by atoms with E-state index in [-0.39, 0.29) is 6.61 Å². The van der Waals surface area contributed by atoms with E-state index in [9.17, 15) is 5.11 Å². The topological polar surface area (TPSA) is 50.9 Å². The lowest BCUT2D eigenvalue weighted by Gasteiger charge is -2.22. The second-order valence-electron chi connectivity index (χ2n) is 5.46. The molecule has 2 heterocycles. The standard InChI is InChI=1S/C15H19N3O/c1-10-3-5-13(11(2)7-10)15-17-16-14-6-4-12(9-19)8-18(14)15/h3,5,7,12,19H,4,6,8-9H2,1-2H3. The molecule has 1 atom stereocenters. The molecule has 0 fully saturated rings. The molecule has 2 aromatic rings. The molecule has 0 bridgehead atoms. The summed E-state index contributed by atoms with van der Waals surface area (Å²) >= 11 is 0. The Hall–Kier alpha value is -1.68. The van der Waals surface area contributed by atoms with E-state index < -0.39 is 0 Å². The Balaban J connectivity index is 2.05. The summed E-state index contributed by atoms with van der Waals surface area (Å²) in [6, 6.07) is 6.39. The molecule has 3 rings (SSSR count). The molecule has 1 aliphatic rings. The summed E-state index contributed by atoms with van der Waals surface area (Å²) < 4.78 is 2.17. The molecule has 0 saturated carbocycles. The van der Waals surface area contributed by atoms with Gasteiger partial charge in [-0.1, -0.05) is 23.8 Å². The number of hydrogen-bond acceptors (Lipinski definition) is 3. The SMILES string of the molecule is Cc1ccc(-c2nnc3n2CC(CO)CC3)c(C)c1. The van der Waals surface area contributed by atoms with Gasteiger partial charge in [0.1, 0.15) is 5.82 Å². The van der Waals surface area contributed by atoms with Gasteiger partial charge in [0.2, 0.25) is 0 Å². The van der Waals surface area contributed by atoms with E-state index in [1.165, 1.54) is 11.1 Å². The number of aliphatic hydroxyl groups excluding tert-OH is 1. The minimum atomic E-state index is 0.240. The highest BCUT2D eigenvalue weighted by atomic mass is 16.3. The van der Waals surface area contributed by atoms with Crippen LogP contribution in [0.25, 0.3) is 11.4 Å². The number of fused-ring (bicyclic) bond motifs is 1. The summed E-state index contributed by atoms with van der Waals surface area (Å²) in [7, 11) is 0. The van der Waals surface area contributed by atoms with Crippen LogP contribution in [-0.2, 0) is 13.0 Å². The van der Waals surface area contributed by atoms with Gasteiger partial charge < -0.3 is 9.67 Å². The van der Waals surface area contributed by atoms with Crippen molar-refractivity contribution in [1.82, 2.24) is 14.8 Å². The molecule has 0 aliphatic carbocycles. The van der Waals surface area contributed by atoms with Gasteiger partial charge in [0.05, 0.1) is 0 Å². The van der Waals surface area contributed by atoms with Gasteiger partial charge in [-0.25, -0.2) is 0 Å². The molecule has 1 aromatic heterocycles. The lowest BCUT2D eigenvalue weighted by molar-refractivity contribution is 0.191. The first-order valence-electron chi connectivity index (χ1n) is 6.79. The van der Waals surface area contributed by atoms with Crippen LogP contribution in [-0.4, -0.2) is 26.5 Å². The second-order valence-corrected chi connectivity index (χ2v) is 5.46. The molecule has 4 heteroatoms. The van der Waals surface area contributed by atoms with Crippen LogP contribution in [0, 0.1) is 19.8 Å². The Morgan fingerprint density at radius 2 is 2.16 bits per heavy atom. The van der Waals surface area contributed by atoms with E-state index in [1.54, 1.807) is 0 Å². The van der Waals surface area contributed by atoms with Crippen LogP contribution in [0.2, 0.25) is 0 Å². The molecule has 0 spiro atoms. The molecule has 4 nitrogen and oxygen atoms in total. The van der Waals surface area contributed by atoms with Crippen molar-refractivity contribution in [3.05, 3.63) is 35.2 Å². The summed E-state index contributed by atoms with van der Waals surface area (Å²) in [5.74, 6) is 2.30. The van der Waals surface area contributed by atoms with Gasteiger partial charge in [0, 0.05) is 31.1 Å². The van der Waals surface area contributed by atoms with Crippen molar-refractivity contribution in [2.24, 2.45) is 5.92 Å². The Bertz CT molecular complexity index is 603. The quantitative estimate of drug-likeness (QED) is 0.896.